The van der Waals surface area contributed by atoms with E-state index in [0.717, 1.165) is 72.5 Å². The minimum atomic E-state index is -2.17. The highest BCUT2D eigenvalue weighted by Crippen LogP contribution is 2.42. The van der Waals surface area contributed by atoms with Gasteiger partial charge in [0.2, 0.25) is 0 Å². The molecule has 4 heteroatoms. The van der Waals surface area contributed by atoms with E-state index < -0.39 is 12.7 Å². The van der Waals surface area contributed by atoms with Gasteiger partial charge < -0.3 is 5.11 Å². The molecule has 0 saturated carbocycles. The Balaban J connectivity index is 1.35. The lowest BCUT2D eigenvalue weighted by atomic mass is 9.83. The van der Waals surface area contributed by atoms with Crippen LogP contribution in [0.15, 0.2) is 146 Å². The lowest BCUT2D eigenvalue weighted by molar-refractivity contribution is 0.477. The first kappa shape index (κ1) is 33.8. The Morgan fingerprint density at radius 1 is 0.603 bits per heavy atom. The number of hydrogen-bond acceptors (Lipinski definition) is 3. The van der Waals surface area contributed by atoms with E-state index in [2.05, 4.69) is 125 Å². The molecule has 0 atom stereocenters. The van der Waals surface area contributed by atoms with Crippen LogP contribution in [0.5, 0.6) is 5.75 Å². The number of aromatic hydroxyl groups is 1. The number of aryl methyl sites for hydroxylation is 1. The van der Waals surface area contributed by atoms with Crippen molar-refractivity contribution in [2.24, 2.45) is 0 Å². The van der Waals surface area contributed by atoms with Gasteiger partial charge in [0.15, 0.2) is 0 Å². The molecule has 0 aliphatic rings. The van der Waals surface area contributed by atoms with Gasteiger partial charge >= 0.3 is 0 Å². The van der Waals surface area contributed by atoms with Crippen molar-refractivity contribution < 1.29 is 10.6 Å². The fraction of sp³-hybridized carbons (Fsp3) is 0.222. The molecule has 0 saturated heterocycles. The highest BCUT2D eigenvalue weighted by atomic mass is 16.3. The van der Waals surface area contributed by atoms with Gasteiger partial charge in [0.05, 0.1) is 28.0 Å². The number of para-hydroxylation sites is 2. The molecule has 0 bridgehead atoms. The summed E-state index contributed by atoms with van der Waals surface area (Å²) < 4.78 is 34.6. The van der Waals surface area contributed by atoms with Crippen LogP contribution in [0.1, 0.15) is 89.0 Å². The summed E-state index contributed by atoms with van der Waals surface area (Å²) in [5, 5.41) is 11.4. The highest BCUT2D eigenvalue weighted by Gasteiger charge is 2.24. The minimum absolute atomic E-state index is 0.0143. The quantitative estimate of drug-likeness (QED) is 0.176. The molecule has 6 aromatic carbocycles. The maximum atomic E-state index is 11.4. The fourth-order valence-electron chi connectivity index (χ4n) is 7.64. The maximum Gasteiger partial charge on any atom is 0.149 e. The zero-order valence-electron chi connectivity index (χ0n) is 38.6. The Labute approximate surface area is 349 Å². The molecule has 1 N–H and O–H groups in total. The van der Waals surface area contributed by atoms with Gasteiger partial charge in [0, 0.05) is 28.4 Å². The summed E-state index contributed by atoms with van der Waals surface area (Å²) >= 11 is 0. The van der Waals surface area contributed by atoms with E-state index in [1.165, 1.54) is 5.56 Å². The Morgan fingerprint density at radius 3 is 1.98 bits per heavy atom. The van der Waals surface area contributed by atoms with Crippen molar-refractivity contribution >= 4 is 11.0 Å². The number of aromatic nitrogens is 3. The Bertz CT molecular complexity index is 2940. The molecule has 4 nitrogen and oxygen atoms in total. The molecule has 2 heterocycles. The number of fused-ring (bicyclic) bond motifs is 1. The number of phenols is 1. The number of imidazole rings is 1. The maximum absolute atomic E-state index is 11.4. The molecule has 0 aliphatic heterocycles. The second-order valence-corrected chi connectivity index (χ2v) is 17.6. The Morgan fingerprint density at radius 2 is 1.29 bits per heavy atom. The van der Waals surface area contributed by atoms with Crippen molar-refractivity contribution in [3.63, 3.8) is 0 Å². The molecule has 290 valence electrons. The number of hydrogen-bond donors (Lipinski definition) is 1. The molecule has 0 fully saturated rings. The molecule has 0 spiro atoms. The standard InChI is InChI=1S/C54H53N3O/c1-34(2)38-23-26-48(46(32-38)37-21-24-42(25-22-37)53(4,5)6)57-49-15-12-14-44(51(49)56-52(57)45-13-10-11-16-50(45)58)40-29-41(31-43(30-40)54(7,8)9)47-33-39(27-28-55-47)36-19-17-35(3)18-20-36/h10-34,58H,1-9H3/i3D3,34D. The van der Waals surface area contributed by atoms with Crippen molar-refractivity contribution in [2.75, 3.05) is 0 Å². The summed E-state index contributed by atoms with van der Waals surface area (Å²) in [7, 11) is 0. The lowest BCUT2D eigenvalue weighted by Crippen LogP contribution is -2.11. The molecule has 0 unspecified atom stereocenters. The smallest absolute Gasteiger partial charge is 0.149 e. The molecule has 58 heavy (non-hydrogen) atoms. The van der Waals surface area contributed by atoms with Gasteiger partial charge in [-0.3, -0.25) is 9.55 Å². The third-order valence-corrected chi connectivity index (χ3v) is 11.1. The first-order chi connectivity index (χ1) is 29.2. The molecule has 8 rings (SSSR count). The summed E-state index contributed by atoms with van der Waals surface area (Å²) in [4.78, 5) is 10.3. The van der Waals surface area contributed by atoms with Gasteiger partial charge in [-0.25, -0.2) is 4.98 Å². The minimum Gasteiger partial charge on any atom is -0.507 e. The van der Waals surface area contributed by atoms with Crippen LogP contribution in [-0.4, -0.2) is 19.6 Å². The molecule has 0 radical (unpaired) electrons. The largest absolute Gasteiger partial charge is 0.507 e. The van der Waals surface area contributed by atoms with E-state index in [4.69, 9.17) is 15.5 Å². The van der Waals surface area contributed by atoms with Gasteiger partial charge in [-0.2, -0.15) is 0 Å². The van der Waals surface area contributed by atoms with Gasteiger partial charge in [0.25, 0.3) is 0 Å². The van der Waals surface area contributed by atoms with Crippen LogP contribution >= 0.6 is 0 Å². The van der Waals surface area contributed by atoms with Gasteiger partial charge in [-0.05, 0) is 117 Å². The predicted octanol–water partition coefficient (Wildman–Crippen LogP) is 14.5. The van der Waals surface area contributed by atoms with Gasteiger partial charge in [0.1, 0.15) is 11.6 Å². The topological polar surface area (TPSA) is 50.9 Å². The molecule has 0 amide bonds. The normalized spacial score (nSPS) is 13.5. The molecule has 2 aromatic heterocycles. The van der Waals surface area contributed by atoms with Crippen LogP contribution < -0.4 is 0 Å². The Hall–Kier alpha value is -6.26. The number of nitrogens with zero attached hydrogens (tertiary/aromatic N) is 3. The Kier molecular flexibility index (Phi) is 8.70. The predicted molar refractivity (Wildman–Crippen MR) is 244 cm³/mol. The van der Waals surface area contributed by atoms with Gasteiger partial charge in [-0.15, -0.1) is 0 Å². The van der Waals surface area contributed by atoms with Crippen LogP contribution in [0.25, 0.3) is 72.7 Å². The number of rotatable bonds is 7. The lowest BCUT2D eigenvalue weighted by Gasteiger charge is -2.22. The SMILES string of the molecule is [2H]C([2H])([2H])c1ccc(-c2ccnc(-c3cc(-c4cccc5c4nc(-c4ccccc4O)n5-c4ccc(C([2H])(C)C)cc4-c4ccc(C(C)(C)C)cc4)cc(C(C)(C)C)c3)c2)cc1. The summed E-state index contributed by atoms with van der Waals surface area (Å²) in [5.74, 6) is -0.110. The zero-order chi connectivity index (χ0) is 44.4. The molecular weight excluding hydrogens is 707 g/mol. The van der Waals surface area contributed by atoms with Crippen LogP contribution in [0.2, 0.25) is 0 Å². The third-order valence-electron chi connectivity index (χ3n) is 11.1. The average molecular weight is 764 g/mol. The van der Waals surface area contributed by atoms with Crippen molar-refractivity contribution in [1.82, 2.24) is 14.5 Å². The molecular formula is C54H53N3O. The van der Waals surface area contributed by atoms with E-state index in [9.17, 15) is 5.11 Å². The van der Waals surface area contributed by atoms with E-state index in [1.54, 1.807) is 24.4 Å². The van der Waals surface area contributed by atoms with Crippen molar-refractivity contribution in [2.45, 2.75) is 79.0 Å². The molecule has 0 aliphatic carbocycles. The average Bonchev–Trinajstić information content (AvgIpc) is 3.62. The second kappa shape index (κ2) is 14.9. The first-order valence-electron chi connectivity index (χ1n) is 22.0. The first-order valence-corrected chi connectivity index (χ1v) is 20.0. The highest BCUT2D eigenvalue weighted by molar-refractivity contribution is 5.97. The monoisotopic (exact) mass is 763 g/mol. The summed E-state index contributed by atoms with van der Waals surface area (Å²) in [5.41, 5.74) is 13.9. The summed E-state index contributed by atoms with van der Waals surface area (Å²) in [6.45, 7) is 14.9. The van der Waals surface area contributed by atoms with Crippen molar-refractivity contribution in [3.05, 3.63) is 168 Å². The van der Waals surface area contributed by atoms with Crippen LogP contribution in [0, 0.1) is 6.85 Å². The van der Waals surface area contributed by atoms with Crippen LogP contribution in [-0.2, 0) is 10.8 Å². The summed E-state index contributed by atoms with van der Waals surface area (Å²) in [6, 6.07) is 46.2. The van der Waals surface area contributed by atoms with E-state index >= 15 is 0 Å². The van der Waals surface area contributed by atoms with Crippen molar-refractivity contribution in [3.8, 4) is 67.5 Å². The molecule has 8 aromatic rings. The van der Waals surface area contributed by atoms with Crippen LogP contribution in [0.4, 0.5) is 0 Å². The van der Waals surface area contributed by atoms with E-state index in [-0.39, 0.29) is 16.6 Å². The van der Waals surface area contributed by atoms with Gasteiger partial charge in [-0.1, -0.05) is 146 Å². The third kappa shape index (κ3) is 7.47. The van der Waals surface area contributed by atoms with Crippen molar-refractivity contribution in [1.29, 1.82) is 0 Å². The number of benzene rings is 6. The van der Waals surface area contributed by atoms with Crippen LogP contribution in [0.3, 0.4) is 0 Å². The summed E-state index contributed by atoms with van der Waals surface area (Å²) in [6.07, 6.45) is 1.80. The number of phenolic OH excluding ortho intramolecular Hbond substituents is 1. The van der Waals surface area contributed by atoms with E-state index in [1.807, 2.05) is 56.3 Å². The second-order valence-electron chi connectivity index (χ2n) is 17.6. The van der Waals surface area contributed by atoms with E-state index in [0.29, 0.717) is 17.0 Å². The number of pyridine rings is 1. The fourth-order valence-corrected chi connectivity index (χ4v) is 7.64. The zero-order valence-corrected chi connectivity index (χ0v) is 34.6.